The van der Waals surface area contributed by atoms with Crippen molar-refractivity contribution in [2.45, 2.75) is 32.7 Å². The predicted molar refractivity (Wildman–Crippen MR) is 67.7 cm³/mol. The Labute approximate surface area is 111 Å². The van der Waals surface area contributed by atoms with Crippen LogP contribution in [-0.4, -0.2) is 44.5 Å². The summed E-state index contributed by atoms with van der Waals surface area (Å²) in [6, 6.07) is -1.06. The second-order valence-corrected chi connectivity index (χ2v) is 4.42. The first-order valence-electron chi connectivity index (χ1n) is 5.99. The zero-order chi connectivity index (χ0) is 14.6. The van der Waals surface area contributed by atoms with Crippen LogP contribution in [0.4, 0.5) is 0 Å². The van der Waals surface area contributed by atoms with Gasteiger partial charge in [0, 0.05) is 31.3 Å². The van der Waals surface area contributed by atoms with Gasteiger partial charge in [-0.1, -0.05) is 0 Å². The van der Waals surface area contributed by atoms with Crippen molar-refractivity contribution in [3.63, 3.8) is 0 Å². The fourth-order valence-corrected chi connectivity index (χ4v) is 1.87. The maximum atomic E-state index is 11.8. The molecule has 0 unspecified atom stereocenters. The summed E-state index contributed by atoms with van der Waals surface area (Å²) in [4.78, 5) is 22.7. The van der Waals surface area contributed by atoms with Gasteiger partial charge in [0.15, 0.2) is 0 Å². The van der Waals surface area contributed by atoms with Crippen LogP contribution in [0.3, 0.4) is 0 Å². The number of aliphatic hydroxyl groups excluding tert-OH is 1. The van der Waals surface area contributed by atoms with Gasteiger partial charge in [0.05, 0.1) is 12.1 Å². The number of aliphatic hydroxyl groups is 1. The molecule has 0 spiro atoms. The monoisotopic (exact) mass is 269 g/mol. The van der Waals surface area contributed by atoms with Crippen LogP contribution in [0.2, 0.25) is 0 Å². The van der Waals surface area contributed by atoms with Crippen LogP contribution in [0.25, 0.3) is 0 Å². The van der Waals surface area contributed by atoms with Gasteiger partial charge in [0.1, 0.15) is 6.04 Å². The van der Waals surface area contributed by atoms with E-state index >= 15 is 0 Å². The lowest BCUT2D eigenvalue weighted by Gasteiger charge is -2.13. The molecule has 0 aliphatic rings. The number of nitrogens with one attached hydrogen (secondary N) is 1. The third-order valence-corrected chi connectivity index (χ3v) is 3.05. The van der Waals surface area contributed by atoms with E-state index in [0.717, 1.165) is 17.0 Å². The molecule has 1 aromatic rings. The van der Waals surface area contributed by atoms with E-state index in [0.29, 0.717) is 0 Å². The van der Waals surface area contributed by atoms with Crippen LogP contribution in [0.5, 0.6) is 0 Å². The number of nitrogens with zero attached hydrogens (tertiary/aromatic N) is 2. The third kappa shape index (κ3) is 3.78. The highest BCUT2D eigenvalue weighted by atomic mass is 16.4. The van der Waals surface area contributed by atoms with Crippen molar-refractivity contribution in [2.75, 3.05) is 6.61 Å². The highest BCUT2D eigenvalue weighted by molar-refractivity contribution is 5.85. The zero-order valence-corrected chi connectivity index (χ0v) is 11.3. The molecule has 1 amide bonds. The smallest absolute Gasteiger partial charge is 0.326 e. The normalized spacial score (nSPS) is 12.2. The lowest BCUT2D eigenvalue weighted by Crippen LogP contribution is -2.42. The molecular formula is C12H19N3O4. The van der Waals surface area contributed by atoms with Gasteiger partial charge < -0.3 is 15.5 Å². The van der Waals surface area contributed by atoms with Crippen LogP contribution in [-0.2, 0) is 23.1 Å². The Bertz CT molecular complexity index is 482. The van der Waals surface area contributed by atoms with E-state index in [4.69, 9.17) is 10.2 Å². The van der Waals surface area contributed by atoms with E-state index in [1.807, 2.05) is 6.92 Å². The summed E-state index contributed by atoms with van der Waals surface area (Å²) in [5.74, 6) is -1.54. The van der Waals surface area contributed by atoms with Gasteiger partial charge in [0.2, 0.25) is 5.91 Å². The van der Waals surface area contributed by atoms with Gasteiger partial charge in [-0.3, -0.25) is 9.48 Å². The van der Waals surface area contributed by atoms with E-state index in [9.17, 15) is 9.59 Å². The second kappa shape index (κ2) is 6.33. The molecule has 3 N–H and O–H groups in total. The number of carbonyl (C=O) groups is 2. The van der Waals surface area contributed by atoms with Gasteiger partial charge in [0.25, 0.3) is 0 Å². The molecule has 7 heteroatoms. The quantitative estimate of drug-likeness (QED) is 0.647. The molecule has 106 valence electrons. The fourth-order valence-electron chi connectivity index (χ4n) is 1.87. The summed E-state index contributed by atoms with van der Waals surface area (Å²) in [6.45, 7) is 3.37. The number of aryl methyl sites for hydroxylation is 2. The Morgan fingerprint density at radius 2 is 2.05 bits per heavy atom. The summed E-state index contributed by atoms with van der Waals surface area (Å²) < 4.78 is 1.68. The van der Waals surface area contributed by atoms with Gasteiger partial charge >= 0.3 is 5.97 Å². The average molecular weight is 269 g/mol. The van der Waals surface area contributed by atoms with Crippen LogP contribution < -0.4 is 5.32 Å². The number of carboxylic acids is 1. The minimum atomic E-state index is -1.15. The maximum Gasteiger partial charge on any atom is 0.326 e. The Morgan fingerprint density at radius 3 is 2.47 bits per heavy atom. The minimum absolute atomic E-state index is 0.00786. The molecule has 1 heterocycles. The van der Waals surface area contributed by atoms with Crippen LogP contribution >= 0.6 is 0 Å². The summed E-state index contributed by atoms with van der Waals surface area (Å²) in [5, 5.41) is 24.2. The van der Waals surface area contributed by atoms with Gasteiger partial charge in [-0.25, -0.2) is 4.79 Å². The first-order valence-corrected chi connectivity index (χ1v) is 5.99. The predicted octanol–water partition coefficient (Wildman–Crippen LogP) is -0.469. The maximum absolute atomic E-state index is 11.8. The van der Waals surface area contributed by atoms with Crippen molar-refractivity contribution < 1.29 is 19.8 Å². The minimum Gasteiger partial charge on any atom is -0.480 e. The molecule has 19 heavy (non-hydrogen) atoms. The molecule has 1 atom stereocenters. The van der Waals surface area contributed by atoms with Crippen molar-refractivity contribution in [2.24, 2.45) is 7.05 Å². The largest absolute Gasteiger partial charge is 0.480 e. The number of hydrogen-bond acceptors (Lipinski definition) is 4. The number of carbonyl (C=O) groups excluding carboxylic acids is 1. The van der Waals surface area contributed by atoms with Gasteiger partial charge in [-0.15, -0.1) is 0 Å². The topological polar surface area (TPSA) is 104 Å². The van der Waals surface area contributed by atoms with E-state index in [-0.39, 0.29) is 25.4 Å². The van der Waals surface area contributed by atoms with E-state index in [2.05, 4.69) is 10.4 Å². The van der Waals surface area contributed by atoms with Gasteiger partial charge in [-0.2, -0.15) is 5.10 Å². The van der Waals surface area contributed by atoms with E-state index < -0.39 is 12.0 Å². The molecule has 1 aromatic heterocycles. The number of hydrogen-bond donors (Lipinski definition) is 3. The molecule has 0 bridgehead atoms. The van der Waals surface area contributed by atoms with Crippen molar-refractivity contribution in [3.05, 3.63) is 17.0 Å². The molecule has 0 radical (unpaired) electrons. The van der Waals surface area contributed by atoms with E-state index in [1.165, 1.54) is 0 Å². The highest BCUT2D eigenvalue weighted by Crippen LogP contribution is 2.12. The standard InChI is InChI=1S/C12H19N3O4/c1-7-9(8(2)15(3)14-7)6-11(17)13-10(4-5-16)12(18)19/h10,16H,4-6H2,1-3H3,(H,13,17)(H,18,19)/t10-/m1/s1. The first kappa shape index (κ1) is 15.2. The van der Waals surface area contributed by atoms with Crippen molar-refractivity contribution in [1.29, 1.82) is 0 Å². The number of aliphatic carboxylic acids is 1. The SMILES string of the molecule is Cc1nn(C)c(C)c1CC(=O)N[C@H](CCO)C(=O)O. The van der Waals surface area contributed by atoms with Crippen LogP contribution in [0.1, 0.15) is 23.4 Å². The molecule has 0 saturated heterocycles. The number of amides is 1. The molecule has 0 fully saturated rings. The molecular weight excluding hydrogens is 250 g/mol. The summed E-state index contributed by atoms with van der Waals surface area (Å²) in [5.41, 5.74) is 2.43. The van der Waals surface area contributed by atoms with Crippen molar-refractivity contribution >= 4 is 11.9 Å². The summed E-state index contributed by atoms with van der Waals surface area (Å²) in [6.07, 6.45) is 0.0762. The second-order valence-electron chi connectivity index (χ2n) is 4.42. The fraction of sp³-hybridized carbons (Fsp3) is 0.583. The molecule has 1 rings (SSSR count). The van der Waals surface area contributed by atoms with Crippen molar-refractivity contribution in [1.82, 2.24) is 15.1 Å². The average Bonchev–Trinajstić information content (AvgIpc) is 2.55. The Hall–Kier alpha value is -1.89. The molecule has 0 aromatic carbocycles. The van der Waals surface area contributed by atoms with Gasteiger partial charge in [-0.05, 0) is 13.8 Å². The molecule has 0 aliphatic heterocycles. The van der Waals surface area contributed by atoms with Crippen molar-refractivity contribution in [3.8, 4) is 0 Å². The summed E-state index contributed by atoms with van der Waals surface area (Å²) >= 11 is 0. The Balaban J connectivity index is 2.71. The molecule has 0 aliphatic carbocycles. The lowest BCUT2D eigenvalue weighted by atomic mass is 10.1. The number of aromatic nitrogens is 2. The lowest BCUT2D eigenvalue weighted by molar-refractivity contribution is -0.142. The first-order chi connectivity index (χ1) is 8.86. The molecule has 7 nitrogen and oxygen atoms in total. The highest BCUT2D eigenvalue weighted by Gasteiger charge is 2.21. The molecule has 0 saturated carbocycles. The number of rotatable bonds is 6. The van der Waals surface area contributed by atoms with E-state index in [1.54, 1.807) is 18.7 Å². The Kier molecular flexibility index (Phi) is 5.05. The number of carboxylic acid groups (broad SMARTS) is 1. The van der Waals surface area contributed by atoms with Crippen LogP contribution in [0.15, 0.2) is 0 Å². The Morgan fingerprint density at radius 1 is 1.42 bits per heavy atom. The van der Waals surface area contributed by atoms with Crippen LogP contribution in [0, 0.1) is 13.8 Å². The third-order valence-electron chi connectivity index (χ3n) is 3.05. The zero-order valence-electron chi connectivity index (χ0n) is 11.3. The summed E-state index contributed by atoms with van der Waals surface area (Å²) in [7, 11) is 1.79.